The summed E-state index contributed by atoms with van der Waals surface area (Å²) in [5.41, 5.74) is 2.06. The van der Waals surface area contributed by atoms with Crippen LogP contribution >= 0.6 is 23.5 Å². The van der Waals surface area contributed by atoms with Gasteiger partial charge in [0.25, 0.3) is 0 Å². The summed E-state index contributed by atoms with van der Waals surface area (Å²) in [6.07, 6.45) is 4.35. The third-order valence-corrected chi connectivity index (χ3v) is 6.35. The van der Waals surface area contributed by atoms with Crippen molar-refractivity contribution in [1.29, 1.82) is 0 Å². The van der Waals surface area contributed by atoms with Crippen LogP contribution in [0.3, 0.4) is 0 Å². The molecule has 28 heavy (non-hydrogen) atoms. The van der Waals surface area contributed by atoms with Crippen LogP contribution in [0, 0.1) is 0 Å². The maximum absolute atomic E-state index is 12.5. The predicted molar refractivity (Wildman–Crippen MR) is 115 cm³/mol. The fourth-order valence-electron chi connectivity index (χ4n) is 3.03. The number of rotatable bonds is 8. The zero-order valence-corrected chi connectivity index (χ0v) is 17.3. The van der Waals surface area contributed by atoms with Crippen molar-refractivity contribution in [2.45, 2.75) is 35.4 Å². The molecule has 0 aliphatic heterocycles. The Morgan fingerprint density at radius 2 is 1.86 bits per heavy atom. The molecule has 0 unspecified atom stereocenters. The van der Waals surface area contributed by atoms with E-state index in [4.69, 9.17) is 0 Å². The Labute approximate surface area is 173 Å². The molecular weight excluding hydrogens is 388 g/mol. The number of para-hydroxylation sites is 1. The Balaban J connectivity index is 1.45. The second-order valence-electron chi connectivity index (χ2n) is 6.72. The Kier molecular flexibility index (Phi) is 6.02. The van der Waals surface area contributed by atoms with Crippen molar-refractivity contribution in [1.82, 2.24) is 14.8 Å². The first-order valence-electron chi connectivity index (χ1n) is 9.27. The summed E-state index contributed by atoms with van der Waals surface area (Å²) in [6.45, 7) is 0.735. The molecule has 1 fully saturated rings. The first-order chi connectivity index (χ1) is 13.7. The number of carbonyl (C=O) groups is 1. The summed E-state index contributed by atoms with van der Waals surface area (Å²) in [7, 11) is 0. The van der Waals surface area contributed by atoms with E-state index in [1.54, 1.807) is 11.8 Å². The first-order valence-corrected chi connectivity index (χ1v) is 11.5. The van der Waals surface area contributed by atoms with Gasteiger partial charge in [0.05, 0.1) is 18.0 Å². The maximum atomic E-state index is 12.5. The van der Waals surface area contributed by atoms with E-state index in [1.807, 2.05) is 48.7 Å². The Hall–Kier alpha value is -2.25. The monoisotopic (exact) mass is 410 g/mol. The zero-order chi connectivity index (χ0) is 19.3. The molecule has 1 aliphatic rings. The highest BCUT2D eigenvalue weighted by atomic mass is 32.2. The number of thioether (sulfide) groups is 2. The molecule has 144 valence electrons. The molecule has 1 N–H and O–H groups in total. The summed E-state index contributed by atoms with van der Waals surface area (Å²) in [4.78, 5) is 13.5. The summed E-state index contributed by atoms with van der Waals surface area (Å²) in [6, 6.07) is 18.2. The van der Waals surface area contributed by atoms with Crippen LogP contribution in [0.25, 0.3) is 0 Å². The van der Waals surface area contributed by atoms with Crippen LogP contribution in [0.5, 0.6) is 0 Å². The van der Waals surface area contributed by atoms with Gasteiger partial charge in [-0.05, 0) is 36.8 Å². The van der Waals surface area contributed by atoms with Crippen LogP contribution in [0.15, 0.2) is 64.6 Å². The van der Waals surface area contributed by atoms with Crippen molar-refractivity contribution in [3.63, 3.8) is 0 Å². The van der Waals surface area contributed by atoms with Crippen LogP contribution in [0.4, 0.5) is 5.69 Å². The number of aromatic nitrogens is 3. The average Bonchev–Trinajstić information content (AvgIpc) is 3.49. The lowest BCUT2D eigenvalue weighted by molar-refractivity contribution is -0.113. The van der Waals surface area contributed by atoms with Gasteiger partial charge in [-0.2, -0.15) is 0 Å². The van der Waals surface area contributed by atoms with Gasteiger partial charge in [0, 0.05) is 10.8 Å². The zero-order valence-electron chi connectivity index (χ0n) is 15.7. The van der Waals surface area contributed by atoms with E-state index in [2.05, 4.69) is 32.2 Å². The summed E-state index contributed by atoms with van der Waals surface area (Å²) in [5, 5.41) is 12.6. The predicted octanol–water partition coefficient (Wildman–Crippen LogP) is 4.66. The van der Waals surface area contributed by atoms with Crippen molar-refractivity contribution >= 4 is 35.1 Å². The van der Waals surface area contributed by atoms with Gasteiger partial charge in [-0.1, -0.05) is 54.2 Å². The van der Waals surface area contributed by atoms with Crippen LogP contribution in [0.1, 0.15) is 30.1 Å². The molecule has 2 aromatic carbocycles. The van der Waals surface area contributed by atoms with E-state index in [0.717, 1.165) is 28.1 Å². The molecule has 0 bridgehead atoms. The number of benzene rings is 2. The molecule has 4 rings (SSSR count). The number of carbonyl (C=O) groups excluding carboxylic acids is 1. The average molecular weight is 411 g/mol. The van der Waals surface area contributed by atoms with Crippen LogP contribution in [0.2, 0.25) is 0 Å². The minimum Gasteiger partial charge on any atom is -0.324 e. The number of nitrogens with zero attached hydrogens (tertiary/aromatic N) is 3. The summed E-state index contributed by atoms with van der Waals surface area (Å²) < 4.78 is 2.17. The minimum absolute atomic E-state index is 0.0336. The molecule has 1 aliphatic carbocycles. The summed E-state index contributed by atoms with van der Waals surface area (Å²) in [5.74, 6) is 1.82. The van der Waals surface area contributed by atoms with Crippen molar-refractivity contribution < 1.29 is 4.79 Å². The Morgan fingerprint density at radius 1 is 1.11 bits per heavy atom. The molecule has 1 amide bonds. The lowest BCUT2D eigenvalue weighted by Gasteiger charge is -2.11. The van der Waals surface area contributed by atoms with Gasteiger partial charge < -0.3 is 9.88 Å². The molecule has 5 nitrogen and oxygen atoms in total. The highest BCUT2D eigenvalue weighted by Gasteiger charge is 2.30. The fourth-order valence-corrected chi connectivity index (χ4v) is 4.33. The maximum Gasteiger partial charge on any atom is 0.234 e. The third-order valence-electron chi connectivity index (χ3n) is 4.58. The number of anilines is 1. The molecule has 1 aromatic heterocycles. The lowest BCUT2D eigenvalue weighted by atomic mass is 10.2. The van der Waals surface area contributed by atoms with E-state index >= 15 is 0 Å². The number of hydrogen-bond donors (Lipinski definition) is 1. The highest BCUT2D eigenvalue weighted by molar-refractivity contribution is 7.99. The summed E-state index contributed by atoms with van der Waals surface area (Å²) >= 11 is 3.06. The molecular formula is C21H22N4OS2. The van der Waals surface area contributed by atoms with Gasteiger partial charge >= 0.3 is 0 Å². The highest BCUT2D eigenvalue weighted by Crippen LogP contribution is 2.40. The van der Waals surface area contributed by atoms with Crippen molar-refractivity contribution in [2.24, 2.45) is 0 Å². The SMILES string of the molecule is CSc1ccccc1NC(=O)CSc1nnc(C2CC2)n1Cc1ccccc1. The van der Waals surface area contributed by atoms with E-state index in [1.165, 1.54) is 30.2 Å². The second-order valence-corrected chi connectivity index (χ2v) is 8.51. The standard InChI is InChI=1S/C21H22N4OS2/c1-27-18-10-6-5-9-17(18)22-19(26)14-28-21-24-23-20(16-11-12-16)25(21)13-15-7-3-2-4-8-15/h2-10,16H,11-14H2,1H3,(H,22,26). The Bertz CT molecular complexity index is 954. The molecule has 3 aromatic rings. The third kappa shape index (κ3) is 4.59. The molecule has 0 radical (unpaired) electrons. The molecule has 7 heteroatoms. The van der Waals surface area contributed by atoms with Gasteiger partial charge in [-0.25, -0.2) is 0 Å². The number of amides is 1. The van der Waals surface area contributed by atoms with E-state index < -0.39 is 0 Å². The molecule has 0 saturated heterocycles. The lowest BCUT2D eigenvalue weighted by Crippen LogP contribution is -2.15. The van der Waals surface area contributed by atoms with Crippen LogP contribution in [-0.2, 0) is 11.3 Å². The van der Waals surface area contributed by atoms with Gasteiger partial charge in [0.15, 0.2) is 5.16 Å². The van der Waals surface area contributed by atoms with Crippen molar-refractivity contribution in [2.75, 3.05) is 17.3 Å². The van der Waals surface area contributed by atoms with E-state index in [-0.39, 0.29) is 5.91 Å². The van der Waals surface area contributed by atoms with Crippen LogP contribution < -0.4 is 5.32 Å². The topological polar surface area (TPSA) is 59.8 Å². The molecule has 0 spiro atoms. The minimum atomic E-state index is -0.0336. The smallest absolute Gasteiger partial charge is 0.234 e. The number of hydrogen-bond acceptors (Lipinski definition) is 5. The number of nitrogens with one attached hydrogen (secondary N) is 1. The first kappa shape index (κ1) is 19.1. The Morgan fingerprint density at radius 3 is 2.61 bits per heavy atom. The molecule has 1 saturated carbocycles. The van der Waals surface area contributed by atoms with E-state index in [9.17, 15) is 4.79 Å². The van der Waals surface area contributed by atoms with E-state index in [0.29, 0.717) is 11.7 Å². The van der Waals surface area contributed by atoms with Crippen molar-refractivity contribution in [3.05, 3.63) is 66.0 Å². The molecule has 1 heterocycles. The van der Waals surface area contributed by atoms with Gasteiger partial charge in [-0.15, -0.1) is 22.0 Å². The molecule has 0 atom stereocenters. The fraction of sp³-hybridized carbons (Fsp3) is 0.286. The van der Waals surface area contributed by atoms with Gasteiger partial charge in [0.2, 0.25) is 5.91 Å². The quantitative estimate of drug-likeness (QED) is 0.548. The second kappa shape index (κ2) is 8.84. The van der Waals surface area contributed by atoms with Crippen LogP contribution in [-0.4, -0.2) is 32.7 Å². The normalized spacial score (nSPS) is 13.5. The largest absolute Gasteiger partial charge is 0.324 e. The van der Waals surface area contributed by atoms with Crippen molar-refractivity contribution in [3.8, 4) is 0 Å². The van der Waals surface area contributed by atoms with Gasteiger partial charge in [-0.3, -0.25) is 4.79 Å². The van der Waals surface area contributed by atoms with Gasteiger partial charge in [0.1, 0.15) is 5.82 Å².